The summed E-state index contributed by atoms with van der Waals surface area (Å²) in [5.74, 6) is -0.304. The Morgan fingerprint density at radius 1 is 0.614 bits per heavy atom. The summed E-state index contributed by atoms with van der Waals surface area (Å²) in [6, 6.07) is 20.7. The van der Waals surface area contributed by atoms with E-state index in [1.165, 1.54) is 25.6 Å². The molecule has 3 aromatic heterocycles. The van der Waals surface area contributed by atoms with Crippen LogP contribution in [0.2, 0.25) is 0 Å². The van der Waals surface area contributed by atoms with Crippen molar-refractivity contribution in [2.24, 2.45) is 0 Å². The Balaban J connectivity index is 1.13. The van der Waals surface area contributed by atoms with Crippen LogP contribution in [0.4, 0.5) is 9.59 Å². The molecule has 0 fully saturated rings. The molecule has 0 bridgehead atoms. The zero-order chi connectivity index (χ0) is 41.1. The third-order valence-electron chi connectivity index (χ3n) is 8.37. The van der Waals surface area contributed by atoms with Crippen molar-refractivity contribution in [2.75, 3.05) is 14.2 Å². The molecular weight excluding hydrogens is 753 g/mol. The summed E-state index contributed by atoms with van der Waals surface area (Å²) in [6.45, 7) is 10.4. The van der Waals surface area contributed by atoms with E-state index < -0.39 is 47.4 Å². The SMILES string of the molecule is COC(=O)[C@H](Cc1ccc2oc(-c3ccc(-c4ccc(-c5nc6cc(C[C@H](NC(=O)OC(C)(C)C)C(=O)OC)ccc6o5)s4)cc3)nc2c1)NC(=O)OC(C)(C)C. The Bertz CT molecular complexity index is 2420. The molecule has 0 saturated carbocycles. The minimum Gasteiger partial charge on any atom is -0.467 e. The fraction of sp³-hybridized carbons (Fsp3) is 0.333. The Kier molecular flexibility index (Phi) is 11.7. The van der Waals surface area contributed by atoms with Crippen LogP contribution < -0.4 is 10.6 Å². The predicted octanol–water partition coefficient (Wildman–Crippen LogP) is 8.25. The highest BCUT2D eigenvalue weighted by molar-refractivity contribution is 7.18. The maximum Gasteiger partial charge on any atom is 0.408 e. The second-order valence-corrected chi connectivity index (χ2v) is 16.3. The molecule has 2 N–H and O–H groups in total. The van der Waals surface area contributed by atoms with Gasteiger partial charge in [-0.25, -0.2) is 29.1 Å². The Morgan fingerprint density at radius 2 is 1.05 bits per heavy atom. The first-order valence-electron chi connectivity index (χ1n) is 18.1. The lowest BCUT2D eigenvalue weighted by atomic mass is 10.1. The zero-order valence-electron chi connectivity index (χ0n) is 32.9. The van der Waals surface area contributed by atoms with Crippen LogP contribution in [-0.4, -0.2) is 71.6 Å². The van der Waals surface area contributed by atoms with Gasteiger partial charge in [0.05, 0.1) is 19.1 Å². The molecule has 2 amide bonds. The van der Waals surface area contributed by atoms with Gasteiger partial charge in [0, 0.05) is 23.3 Å². The van der Waals surface area contributed by atoms with Crippen molar-refractivity contribution in [3.8, 4) is 32.7 Å². The van der Waals surface area contributed by atoms with E-state index in [-0.39, 0.29) is 12.8 Å². The van der Waals surface area contributed by atoms with E-state index in [9.17, 15) is 19.2 Å². The summed E-state index contributed by atoms with van der Waals surface area (Å²) in [7, 11) is 2.53. The molecule has 15 heteroatoms. The van der Waals surface area contributed by atoms with Gasteiger partial charge in [0.2, 0.25) is 11.8 Å². The van der Waals surface area contributed by atoms with Crippen LogP contribution >= 0.6 is 11.3 Å². The minimum absolute atomic E-state index is 0.165. The topological polar surface area (TPSA) is 181 Å². The van der Waals surface area contributed by atoms with Gasteiger partial charge < -0.3 is 38.4 Å². The number of aromatic nitrogens is 2. The number of fused-ring (bicyclic) bond motifs is 2. The third-order valence-corrected chi connectivity index (χ3v) is 9.49. The van der Waals surface area contributed by atoms with E-state index in [0.29, 0.717) is 34.0 Å². The number of carbonyl (C=O) groups excluding carboxylic acids is 4. The van der Waals surface area contributed by atoms with Crippen LogP contribution in [0.15, 0.2) is 81.6 Å². The molecule has 6 rings (SSSR count). The number of alkyl carbamates (subject to hydrolysis) is 2. The number of nitrogens with zero attached hydrogens (tertiary/aromatic N) is 2. The maximum atomic E-state index is 12.5. The highest BCUT2D eigenvalue weighted by Gasteiger charge is 2.27. The minimum atomic E-state index is -0.955. The summed E-state index contributed by atoms with van der Waals surface area (Å²) in [5, 5.41) is 5.19. The van der Waals surface area contributed by atoms with E-state index in [4.69, 9.17) is 37.7 Å². The number of hydrogen-bond acceptors (Lipinski definition) is 13. The fourth-order valence-corrected chi connectivity index (χ4v) is 6.79. The second-order valence-electron chi connectivity index (χ2n) is 15.2. The van der Waals surface area contributed by atoms with E-state index in [0.717, 1.165) is 32.0 Å². The number of oxazole rings is 2. The van der Waals surface area contributed by atoms with Crippen LogP contribution in [0.25, 0.3) is 54.9 Å². The second kappa shape index (κ2) is 16.5. The predicted molar refractivity (Wildman–Crippen MR) is 214 cm³/mol. The zero-order valence-corrected chi connectivity index (χ0v) is 33.7. The molecule has 2 atom stereocenters. The van der Waals surface area contributed by atoms with Crippen molar-refractivity contribution in [1.82, 2.24) is 20.6 Å². The Morgan fingerprint density at radius 3 is 1.53 bits per heavy atom. The normalized spacial score (nSPS) is 12.8. The average molecular weight is 797 g/mol. The van der Waals surface area contributed by atoms with Crippen molar-refractivity contribution >= 4 is 57.7 Å². The maximum absolute atomic E-state index is 12.5. The van der Waals surface area contributed by atoms with Crippen molar-refractivity contribution in [2.45, 2.75) is 77.7 Å². The van der Waals surface area contributed by atoms with Gasteiger partial charge >= 0.3 is 24.1 Å². The molecule has 0 unspecified atom stereocenters. The number of esters is 2. The lowest BCUT2D eigenvalue weighted by Gasteiger charge is -2.22. The first kappa shape index (κ1) is 40.4. The van der Waals surface area contributed by atoms with E-state index in [1.54, 1.807) is 53.7 Å². The molecule has 0 aliphatic rings. The fourth-order valence-electron chi connectivity index (χ4n) is 5.86. The molecule has 0 aliphatic heterocycles. The van der Waals surface area contributed by atoms with Gasteiger partial charge in [-0.2, -0.15) is 0 Å². The highest BCUT2D eigenvalue weighted by atomic mass is 32.1. The van der Waals surface area contributed by atoms with E-state index in [1.807, 2.05) is 60.7 Å². The first-order chi connectivity index (χ1) is 27.0. The van der Waals surface area contributed by atoms with Gasteiger partial charge in [-0.15, -0.1) is 11.3 Å². The summed E-state index contributed by atoms with van der Waals surface area (Å²) >= 11 is 1.52. The smallest absolute Gasteiger partial charge is 0.408 e. The number of benzene rings is 3. The molecular formula is C42H44N4O10S. The summed E-state index contributed by atoms with van der Waals surface area (Å²) < 4.78 is 32.6. The molecule has 6 aromatic rings. The number of amides is 2. The number of nitrogens with one attached hydrogen (secondary N) is 2. The molecule has 3 aromatic carbocycles. The van der Waals surface area contributed by atoms with Gasteiger partial charge in [0.15, 0.2) is 11.2 Å². The molecule has 0 spiro atoms. The Labute approximate surface area is 332 Å². The number of carbonyl (C=O) groups is 4. The van der Waals surface area contributed by atoms with Crippen LogP contribution in [-0.2, 0) is 41.4 Å². The van der Waals surface area contributed by atoms with Gasteiger partial charge in [-0.1, -0.05) is 24.3 Å². The van der Waals surface area contributed by atoms with Crippen LogP contribution in [0.3, 0.4) is 0 Å². The van der Waals surface area contributed by atoms with Crippen molar-refractivity contribution in [3.05, 3.63) is 83.9 Å². The number of rotatable bonds is 11. The quantitative estimate of drug-likeness (QED) is 0.0948. The highest BCUT2D eigenvalue weighted by Crippen LogP contribution is 2.36. The lowest BCUT2D eigenvalue weighted by molar-refractivity contribution is -0.143. The molecule has 3 heterocycles. The Hall–Kier alpha value is -6.22. The standard InChI is InChI=1S/C42H44N4O10S/c1-41(2,3)55-39(49)45-29(37(47)51-7)21-23-9-15-31-27(19-23)43-35(53-31)26-13-11-25(12-14-26)33-17-18-34(57-33)36-44-28-20-24(10-16-32(28)54-36)22-30(38(48)52-8)46-40(50)56-42(4,5)6/h9-20,29-30H,21-22H2,1-8H3,(H,45,49)(H,46,50)/t29-,30-/m0/s1. The van der Waals surface area contributed by atoms with Crippen molar-refractivity contribution in [3.63, 3.8) is 0 Å². The number of ether oxygens (including phenoxy) is 4. The lowest BCUT2D eigenvalue weighted by Crippen LogP contribution is -2.45. The first-order valence-corrected chi connectivity index (χ1v) is 18.9. The molecule has 0 aliphatic carbocycles. The van der Waals surface area contributed by atoms with Gasteiger partial charge in [0.1, 0.15) is 34.3 Å². The van der Waals surface area contributed by atoms with E-state index >= 15 is 0 Å². The van der Waals surface area contributed by atoms with E-state index in [2.05, 4.69) is 10.6 Å². The van der Waals surface area contributed by atoms with Crippen molar-refractivity contribution < 1.29 is 47.0 Å². The molecule has 0 radical (unpaired) electrons. The van der Waals surface area contributed by atoms with Gasteiger partial charge in [-0.05, 0) is 107 Å². The number of thiophene rings is 1. The summed E-state index contributed by atoms with van der Waals surface area (Å²) in [4.78, 5) is 60.9. The number of methoxy groups -OCH3 is 2. The monoisotopic (exact) mass is 796 g/mol. The molecule has 298 valence electrons. The average Bonchev–Trinajstić information content (AvgIpc) is 3.90. The van der Waals surface area contributed by atoms with Gasteiger partial charge in [-0.3, -0.25) is 0 Å². The third kappa shape index (κ3) is 10.4. The van der Waals surface area contributed by atoms with Crippen LogP contribution in [0.1, 0.15) is 52.7 Å². The van der Waals surface area contributed by atoms with Crippen LogP contribution in [0, 0.1) is 0 Å². The molecule has 57 heavy (non-hydrogen) atoms. The summed E-state index contributed by atoms with van der Waals surface area (Å²) in [6.07, 6.45) is -1.10. The molecule has 14 nitrogen and oxygen atoms in total. The number of hydrogen-bond donors (Lipinski definition) is 2. The summed E-state index contributed by atoms with van der Waals surface area (Å²) in [5.41, 5.74) is 4.16. The van der Waals surface area contributed by atoms with Crippen molar-refractivity contribution in [1.29, 1.82) is 0 Å². The van der Waals surface area contributed by atoms with Crippen LogP contribution in [0.5, 0.6) is 0 Å². The van der Waals surface area contributed by atoms with Gasteiger partial charge in [0.25, 0.3) is 0 Å². The molecule has 0 saturated heterocycles. The largest absolute Gasteiger partial charge is 0.467 e.